The van der Waals surface area contributed by atoms with Crippen molar-refractivity contribution >= 4 is 57.2 Å². The Morgan fingerprint density at radius 3 is 1.58 bits per heavy atom. The van der Waals surface area contributed by atoms with Crippen molar-refractivity contribution in [2.75, 3.05) is 9.80 Å². The van der Waals surface area contributed by atoms with E-state index < -0.39 is 0 Å². The van der Waals surface area contributed by atoms with Gasteiger partial charge in [0, 0.05) is 34.0 Å². The van der Waals surface area contributed by atoms with Crippen LogP contribution in [0.5, 0.6) is 0 Å². The Labute approximate surface area is 415 Å². The quantitative estimate of drug-likeness (QED) is 0.162. The molecule has 0 saturated carbocycles. The van der Waals surface area contributed by atoms with E-state index in [4.69, 9.17) is 0 Å². The van der Waals surface area contributed by atoms with E-state index in [9.17, 15) is 0 Å². The summed E-state index contributed by atoms with van der Waals surface area (Å²) < 4.78 is 0. The van der Waals surface area contributed by atoms with E-state index in [1.807, 2.05) is 0 Å². The number of benzene rings is 7. The molecule has 7 aromatic rings. The summed E-state index contributed by atoms with van der Waals surface area (Å²) in [5, 5.41) is 0. The summed E-state index contributed by atoms with van der Waals surface area (Å²) in [6, 6.07) is 50.6. The molecule has 2 heterocycles. The highest BCUT2D eigenvalue weighted by Crippen LogP contribution is 2.55. The molecule has 7 aromatic carbocycles. The highest BCUT2D eigenvalue weighted by molar-refractivity contribution is 7.00. The van der Waals surface area contributed by atoms with Crippen LogP contribution in [-0.2, 0) is 32.5 Å². The summed E-state index contributed by atoms with van der Waals surface area (Å²) in [7, 11) is 0. The molecule has 0 atom stereocenters. The molecule has 2 nitrogen and oxygen atoms in total. The van der Waals surface area contributed by atoms with Gasteiger partial charge >= 0.3 is 0 Å². The number of anilines is 6. The van der Waals surface area contributed by atoms with E-state index in [0.29, 0.717) is 0 Å². The molecule has 0 spiro atoms. The van der Waals surface area contributed by atoms with Gasteiger partial charge in [0.15, 0.2) is 0 Å². The number of nitrogens with zero attached hydrogens (tertiary/aromatic N) is 2. The van der Waals surface area contributed by atoms with Crippen molar-refractivity contribution in [1.29, 1.82) is 0 Å². The van der Waals surface area contributed by atoms with Crippen LogP contribution in [0, 0.1) is 13.8 Å². The van der Waals surface area contributed by atoms with E-state index in [-0.39, 0.29) is 39.2 Å². The molecule has 3 heteroatoms. The lowest BCUT2D eigenvalue weighted by molar-refractivity contribution is 0.403. The summed E-state index contributed by atoms with van der Waals surface area (Å²) in [6.07, 6.45) is 2.26. The van der Waals surface area contributed by atoms with Crippen molar-refractivity contribution in [3.8, 4) is 22.3 Å². The molecule has 2 aliphatic heterocycles. The first kappa shape index (κ1) is 45.6. The lowest BCUT2D eigenvalue weighted by atomic mass is 9.33. The molecular weight excluding hydrogens is 832 g/mol. The van der Waals surface area contributed by atoms with Crippen LogP contribution in [0.3, 0.4) is 0 Å². The lowest BCUT2D eigenvalue weighted by Crippen LogP contribution is -2.61. The molecule has 0 fully saturated rings. The van der Waals surface area contributed by atoms with Crippen LogP contribution < -0.4 is 26.2 Å². The molecule has 0 unspecified atom stereocenters. The highest BCUT2D eigenvalue weighted by atomic mass is 15.2. The van der Waals surface area contributed by atoms with E-state index >= 15 is 0 Å². The molecule has 69 heavy (non-hydrogen) atoms. The molecule has 0 aromatic heterocycles. The van der Waals surface area contributed by atoms with Crippen LogP contribution in [-0.4, -0.2) is 6.71 Å². The van der Waals surface area contributed by atoms with E-state index in [2.05, 4.69) is 248 Å². The topological polar surface area (TPSA) is 6.48 Å². The Balaban J connectivity index is 1.26. The number of aryl methyl sites for hydroxylation is 2. The zero-order valence-electron chi connectivity index (χ0n) is 44.5. The summed E-state index contributed by atoms with van der Waals surface area (Å²) in [4.78, 5) is 5.36. The van der Waals surface area contributed by atoms with Gasteiger partial charge < -0.3 is 9.80 Å². The second kappa shape index (κ2) is 14.9. The predicted octanol–water partition coefficient (Wildman–Crippen LogP) is 16.2. The first-order chi connectivity index (χ1) is 32.2. The molecule has 0 amide bonds. The monoisotopic (exact) mass is 905 g/mol. The van der Waals surface area contributed by atoms with Crippen LogP contribution in [0.2, 0.25) is 0 Å². The fourth-order valence-corrected chi connectivity index (χ4v) is 13.8. The average Bonchev–Trinajstić information content (AvgIpc) is 3.58. The Hall–Kier alpha value is -5.80. The Bertz CT molecular complexity index is 3270. The zero-order chi connectivity index (χ0) is 49.1. The molecule has 2 aliphatic carbocycles. The number of hydrogen-bond acceptors (Lipinski definition) is 2. The highest BCUT2D eigenvalue weighted by Gasteiger charge is 2.49. The zero-order valence-corrected chi connectivity index (χ0v) is 44.5. The van der Waals surface area contributed by atoms with Crippen molar-refractivity contribution in [2.24, 2.45) is 0 Å². The molecule has 11 rings (SSSR count). The van der Waals surface area contributed by atoms with Gasteiger partial charge in [0.2, 0.25) is 0 Å². The Kier molecular flexibility index (Phi) is 9.83. The summed E-state index contributed by atoms with van der Waals surface area (Å²) in [5.74, 6) is 0. The Morgan fingerprint density at radius 2 is 0.942 bits per heavy atom. The maximum absolute atomic E-state index is 2.71. The molecular formula is C66H73BN2. The summed E-state index contributed by atoms with van der Waals surface area (Å²) in [5.41, 5.74) is 28.2. The molecule has 350 valence electrons. The fourth-order valence-electron chi connectivity index (χ4n) is 13.8. The second-order valence-corrected chi connectivity index (χ2v) is 26.3. The second-order valence-electron chi connectivity index (χ2n) is 26.3. The van der Waals surface area contributed by atoms with Gasteiger partial charge in [0.1, 0.15) is 0 Å². The van der Waals surface area contributed by atoms with Gasteiger partial charge in [0.05, 0.1) is 5.69 Å². The third-order valence-electron chi connectivity index (χ3n) is 16.9. The third-order valence-corrected chi connectivity index (χ3v) is 16.9. The minimum Gasteiger partial charge on any atom is -0.311 e. The van der Waals surface area contributed by atoms with Crippen molar-refractivity contribution < 1.29 is 0 Å². The van der Waals surface area contributed by atoms with Crippen LogP contribution in [0.1, 0.15) is 154 Å². The third kappa shape index (κ3) is 7.10. The number of fused-ring (bicyclic) bond motifs is 6. The molecule has 0 N–H and O–H groups in total. The van der Waals surface area contributed by atoms with Gasteiger partial charge in [-0.2, -0.15) is 0 Å². The van der Waals surface area contributed by atoms with Crippen LogP contribution in [0.15, 0.2) is 127 Å². The maximum Gasteiger partial charge on any atom is 0.252 e. The van der Waals surface area contributed by atoms with Crippen LogP contribution in [0.25, 0.3) is 22.3 Å². The van der Waals surface area contributed by atoms with Gasteiger partial charge in [-0.3, -0.25) is 0 Å². The van der Waals surface area contributed by atoms with Gasteiger partial charge in [-0.25, -0.2) is 0 Å². The van der Waals surface area contributed by atoms with Crippen molar-refractivity contribution in [3.05, 3.63) is 172 Å². The minimum absolute atomic E-state index is 0.0268. The molecule has 0 saturated heterocycles. The lowest BCUT2D eigenvalue weighted by Gasteiger charge is -2.46. The number of rotatable bonds is 4. The van der Waals surface area contributed by atoms with E-state index in [1.54, 1.807) is 0 Å². The minimum atomic E-state index is -0.0322. The van der Waals surface area contributed by atoms with Gasteiger partial charge in [-0.1, -0.05) is 182 Å². The predicted molar refractivity (Wildman–Crippen MR) is 300 cm³/mol. The van der Waals surface area contributed by atoms with Crippen molar-refractivity contribution in [3.63, 3.8) is 0 Å². The molecule has 4 aliphatic rings. The van der Waals surface area contributed by atoms with Crippen LogP contribution in [0.4, 0.5) is 34.1 Å². The first-order valence-corrected chi connectivity index (χ1v) is 25.8. The number of hydrogen-bond donors (Lipinski definition) is 0. The first-order valence-electron chi connectivity index (χ1n) is 25.8. The van der Waals surface area contributed by atoms with Crippen LogP contribution >= 0.6 is 0 Å². The van der Waals surface area contributed by atoms with Crippen molar-refractivity contribution in [1.82, 2.24) is 0 Å². The largest absolute Gasteiger partial charge is 0.311 e. The summed E-state index contributed by atoms with van der Waals surface area (Å²) >= 11 is 0. The van der Waals surface area contributed by atoms with Gasteiger partial charge in [0.25, 0.3) is 6.71 Å². The smallest absolute Gasteiger partial charge is 0.252 e. The van der Waals surface area contributed by atoms with Gasteiger partial charge in [-0.05, 0) is 179 Å². The normalized spacial score (nSPS) is 17.8. The summed E-state index contributed by atoms with van der Waals surface area (Å²) in [6.45, 7) is 38.4. The standard InChI is InChI=1S/C66H73BN2/c1-40-30-58-60-59(31-40)69(55-33-43(23-22-41(55)2)42-20-18-17-19-21-42)56-35-46(62(6,7)8)25-28-52(56)67(60)53-36-50-51(66(15,16)39-65(50,13)14)37-57(53)68(58)54-29-26-45(61(3,4)5)34-47(54)44-24-27-48-49(32-44)64(11,12)38-63(48,9)10/h17-37H,38-39H2,1-16H3. The SMILES string of the molecule is Cc1cc2c3c(c1)N(c1ccc(C(C)(C)C)cc1-c1ccc4c(c1)C(C)(C)CC4(C)C)c1cc4c(cc1B3c1ccc(C(C)(C)C)cc1N2c1cc(-c2ccccc2)ccc1C)C(C)(C)CC4(C)C. The van der Waals surface area contributed by atoms with Crippen molar-refractivity contribution in [2.45, 2.75) is 156 Å². The molecule has 0 radical (unpaired) electrons. The average molecular weight is 905 g/mol. The maximum atomic E-state index is 2.71. The fraction of sp³-hybridized carbons (Fsp3) is 0.364. The van der Waals surface area contributed by atoms with Gasteiger partial charge in [-0.15, -0.1) is 0 Å². The van der Waals surface area contributed by atoms with E-state index in [1.165, 1.54) is 117 Å². The van der Waals surface area contributed by atoms with E-state index in [0.717, 1.165) is 12.8 Å². The Morgan fingerprint density at radius 1 is 0.406 bits per heavy atom. The molecule has 0 bridgehead atoms.